The zero-order chi connectivity index (χ0) is 13.1. The van der Waals surface area contributed by atoms with Crippen LogP contribution < -0.4 is 10.5 Å². The van der Waals surface area contributed by atoms with Gasteiger partial charge in [0.15, 0.2) is 0 Å². The molecule has 1 atom stereocenters. The average molecular weight is 261 g/mol. The van der Waals surface area contributed by atoms with Gasteiger partial charge in [-0.3, -0.25) is 0 Å². The number of hydrogen-bond donors (Lipinski definition) is 1. The lowest BCUT2D eigenvalue weighted by Crippen LogP contribution is -2.18. The first-order chi connectivity index (χ1) is 8.60. The van der Waals surface area contributed by atoms with Crippen LogP contribution in [0.2, 0.25) is 0 Å². The van der Waals surface area contributed by atoms with Crippen molar-refractivity contribution in [3.63, 3.8) is 0 Å². The van der Waals surface area contributed by atoms with Crippen molar-refractivity contribution in [3.05, 3.63) is 51.2 Å². The van der Waals surface area contributed by atoms with Gasteiger partial charge in [0.1, 0.15) is 11.9 Å². The molecule has 2 N–H and O–H groups in total. The standard InChI is InChI=1S/C15H19NOS/c1-10-6-11(2)8-13(7-10)17-14(9-16)15-12(3)4-5-18-15/h4-8,14H,9,16H2,1-3H3. The maximum atomic E-state index is 6.04. The second-order valence-corrected chi connectivity index (χ2v) is 5.58. The molecule has 0 aliphatic heterocycles. The molecule has 0 saturated heterocycles. The number of nitrogens with two attached hydrogens (primary N) is 1. The molecule has 0 aliphatic carbocycles. The molecule has 0 saturated carbocycles. The highest BCUT2D eigenvalue weighted by Crippen LogP contribution is 2.28. The summed E-state index contributed by atoms with van der Waals surface area (Å²) in [6, 6.07) is 8.35. The molecule has 0 fully saturated rings. The SMILES string of the molecule is Cc1cc(C)cc(OC(CN)c2sccc2C)c1. The number of aryl methyl sites for hydroxylation is 3. The molecule has 0 spiro atoms. The Morgan fingerprint density at radius 2 is 1.83 bits per heavy atom. The van der Waals surface area contributed by atoms with Gasteiger partial charge in [-0.25, -0.2) is 0 Å². The predicted octanol–water partition coefficient (Wildman–Crippen LogP) is 3.75. The minimum Gasteiger partial charge on any atom is -0.484 e. The van der Waals surface area contributed by atoms with Crippen LogP contribution in [0.4, 0.5) is 0 Å². The third-order valence-electron chi connectivity index (χ3n) is 2.88. The average Bonchev–Trinajstić information content (AvgIpc) is 2.71. The van der Waals surface area contributed by atoms with E-state index in [1.807, 2.05) is 0 Å². The molecule has 2 nitrogen and oxygen atoms in total. The fourth-order valence-electron chi connectivity index (χ4n) is 2.09. The Labute approximate surface area is 112 Å². The van der Waals surface area contributed by atoms with Crippen molar-refractivity contribution in [2.75, 3.05) is 6.54 Å². The molecule has 1 aromatic heterocycles. The third-order valence-corrected chi connectivity index (χ3v) is 3.99. The molecule has 1 aromatic carbocycles. The maximum absolute atomic E-state index is 6.04. The normalized spacial score (nSPS) is 12.4. The number of hydrogen-bond acceptors (Lipinski definition) is 3. The molecule has 0 radical (unpaired) electrons. The predicted molar refractivity (Wildman–Crippen MR) is 77.4 cm³/mol. The van der Waals surface area contributed by atoms with E-state index in [2.05, 4.69) is 50.4 Å². The largest absolute Gasteiger partial charge is 0.484 e. The monoisotopic (exact) mass is 261 g/mol. The molecule has 1 heterocycles. The lowest BCUT2D eigenvalue weighted by atomic mass is 10.1. The molecule has 2 rings (SSSR count). The lowest BCUT2D eigenvalue weighted by Gasteiger charge is -2.18. The van der Waals surface area contributed by atoms with Crippen molar-refractivity contribution in [1.82, 2.24) is 0 Å². The highest BCUT2D eigenvalue weighted by Gasteiger charge is 2.15. The van der Waals surface area contributed by atoms with Crippen molar-refractivity contribution in [1.29, 1.82) is 0 Å². The van der Waals surface area contributed by atoms with E-state index in [0.717, 1.165) is 5.75 Å². The van der Waals surface area contributed by atoms with E-state index in [0.29, 0.717) is 6.54 Å². The van der Waals surface area contributed by atoms with Gasteiger partial charge in [0, 0.05) is 11.4 Å². The van der Waals surface area contributed by atoms with Gasteiger partial charge in [0.25, 0.3) is 0 Å². The molecule has 0 amide bonds. The Kier molecular flexibility index (Phi) is 4.04. The summed E-state index contributed by atoms with van der Waals surface area (Å²) < 4.78 is 6.04. The van der Waals surface area contributed by atoms with E-state index < -0.39 is 0 Å². The van der Waals surface area contributed by atoms with Gasteiger partial charge in [-0.05, 0) is 61.0 Å². The maximum Gasteiger partial charge on any atom is 0.145 e. The Hall–Kier alpha value is -1.32. The molecular formula is C15H19NOS. The molecule has 0 aliphatic rings. The van der Waals surface area contributed by atoms with Gasteiger partial charge in [-0.1, -0.05) is 6.07 Å². The second kappa shape index (κ2) is 5.55. The summed E-state index contributed by atoms with van der Waals surface area (Å²) >= 11 is 1.70. The number of benzene rings is 1. The fourth-order valence-corrected chi connectivity index (χ4v) is 3.06. The molecule has 96 valence electrons. The van der Waals surface area contributed by atoms with Gasteiger partial charge < -0.3 is 10.5 Å². The first-order valence-electron chi connectivity index (χ1n) is 6.09. The summed E-state index contributed by atoms with van der Waals surface area (Å²) in [6.45, 7) is 6.75. The first kappa shape index (κ1) is 13.1. The molecule has 1 unspecified atom stereocenters. The van der Waals surface area contributed by atoms with Crippen LogP contribution in [0, 0.1) is 20.8 Å². The molecular weight excluding hydrogens is 242 g/mol. The molecule has 18 heavy (non-hydrogen) atoms. The topological polar surface area (TPSA) is 35.2 Å². The Morgan fingerprint density at radius 1 is 1.17 bits per heavy atom. The van der Waals surface area contributed by atoms with E-state index in [1.165, 1.54) is 21.6 Å². The first-order valence-corrected chi connectivity index (χ1v) is 6.97. The minimum absolute atomic E-state index is 0.0498. The number of rotatable bonds is 4. The summed E-state index contributed by atoms with van der Waals surface area (Å²) in [4.78, 5) is 1.22. The van der Waals surface area contributed by atoms with Crippen molar-refractivity contribution in [3.8, 4) is 5.75 Å². The van der Waals surface area contributed by atoms with Gasteiger partial charge in [-0.2, -0.15) is 0 Å². The highest BCUT2D eigenvalue weighted by molar-refractivity contribution is 7.10. The van der Waals surface area contributed by atoms with E-state index in [9.17, 15) is 0 Å². The van der Waals surface area contributed by atoms with Gasteiger partial charge in [-0.15, -0.1) is 11.3 Å². The van der Waals surface area contributed by atoms with Crippen molar-refractivity contribution in [2.24, 2.45) is 5.73 Å². The Balaban J connectivity index is 2.23. The van der Waals surface area contributed by atoms with E-state index >= 15 is 0 Å². The fraction of sp³-hybridized carbons (Fsp3) is 0.333. The second-order valence-electron chi connectivity index (χ2n) is 4.63. The summed E-state index contributed by atoms with van der Waals surface area (Å²) in [5, 5.41) is 2.08. The van der Waals surface area contributed by atoms with Crippen LogP contribution in [0.5, 0.6) is 5.75 Å². The van der Waals surface area contributed by atoms with Crippen molar-refractivity contribution >= 4 is 11.3 Å². The van der Waals surface area contributed by atoms with Crippen LogP contribution in [-0.2, 0) is 0 Å². The summed E-state index contributed by atoms with van der Waals surface area (Å²) in [6.07, 6.45) is -0.0498. The van der Waals surface area contributed by atoms with Crippen LogP contribution in [0.1, 0.15) is 27.7 Å². The number of ether oxygens (including phenoxy) is 1. The van der Waals surface area contributed by atoms with Crippen LogP contribution in [0.25, 0.3) is 0 Å². The van der Waals surface area contributed by atoms with Crippen molar-refractivity contribution < 1.29 is 4.74 Å². The third kappa shape index (κ3) is 2.92. The number of thiophene rings is 1. The van der Waals surface area contributed by atoms with Gasteiger partial charge in [0.05, 0.1) is 0 Å². The minimum atomic E-state index is -0.0498. The van der Waals surface area contributed by atoms with Gasteiger partial charge in [0.2, 0.25) is 0 Å². The highest BCUT2D eigenvalue weighted by atomic mass is 32.1. The van der Waals surface area contributed by atoms with Crippen LogP contribution >= 0.6 is 11.3 Å². The molecule has 2 aromatic rings. The van der Waals surface area contributed by atoms with E-state index in [1.54, 1.807) is 11.3 Å². The Morgan fingerprint density at radius 3 is 2.33 bits per heavy atom. The quantitative estimate of drug-likeness (QED) is 0.909. The summed E-state index contributed by atoms with van der Waals surface area (Å²) in [7, 11) is 0. The zero-order valence-corrected chi connectivity index (χ0v) is 11.9. The lowest BCUT2D eigenvalue weighted by molar-refractivity contribution is 0.217. The van der Waals surface area contributed by atoms with E-state index in [4.69, 9.17) is 10.5 Å². The summed E-state index contributed by atoms with van der Waals surface area (Å²) in [5.74, 6) is 0.899. The molecule has 3 heteroatoms. The van der Waals surface area contributed by atoms with Crippen LogP contribution in [0.15, 0.2) is 29.6 Å². The summed E-state index contributed by atoms with van der Waals surface area (Å²) in [5.41, 5.74) is 9.51. The van der Waals surface area contributed by atoms with Crippen molar-refractivity contribution in [2.45, 2.75) is 26.9 Å². The van der Waals surface area contributed by atoms with Crippen LogP contribution in [0.3, 0.4) is 0 Å². The zero-order valence-electron chi connectivity index (χ0n) is 11.1. The molecule has 0 bridgehead atoms. The van der Waals surface area contributed by atoms with Crippen LogP contribution in [-0.4, -0.2) is 6.54 Å². The smallest absolute Gasteiger partial charge is 0.145 e. The van der Waals surface area contributed by atoms with E-state index in [-0.39, 0.29) is 6.10 Å². The van der Waals surface area contributed by atoms with Gasteiger partial charge >= 0.3 is 0 Å². The Bertz CT molecular complexity index is 513.